The minimum atomic E-state index is -0.866. The number of carbonyl (C=O) groups is 2. The van der Waals surface area contributed by atoms with E-state index in [4.69, 9.17) is 5.11 Å². The summed E-state index contributed by atoms with van der Waals surface area (Å²) in [6.45, 7) is 0. The first-order valence-corrected chi connectivity index (χ1v) is 6.78. The Morgan fingerprint density at radius 3 is 2.89 bits per heavy atom. The van der Waals surface area contributed by atoms with Gasteiger partial charge in [-0.2, -0.15) is 0 Å². The smallest absolute Gasteiger partial charge is 0.303 e. The number of nitrogens with one attached hydrogen (secondary N) is 1. The summed E-state index contributed by atoms with van der Waals surface area (Å²) in [6, 6.07) is 3.57. The maximum Gasteiger partial charge on any atom is 0.303 e. The van der Waals surface area contributed by atoms with E-state index in [1.165, 1.54) is 0 Å². The Bertz CT molecular complexity index is 530. The van der Waals surface area contributed by atoms with Crippen molar-refractivity contribution in [3.8, 4) is 0 Å². The van der Waals surface area contributed by atoms with E-state index in [9.17, 15) is 14.7 Å². The van der Waals surface area contributed by atoms with Crippen LogP contribution in [-0.4, -0.2) is 22.1 Å². The average molecular weight is 328 g/mol. The molecule has 0 saturated heterocycles. The van der Waals surface area contributed by atoms with Crippen LogP contribution in [0.1, 0.15) is 36.5 Å². The second kappa shape index (κ2) is 5.71. The van der Waals surface area contributed by atoms with Crippen LogP contribution in [0.2, 0.25) is 0 Å². The summed E-state index contributed by atoms with van der Waals surface area (Å²) < 4.78 is 0.719. The number of anilines is 1. The molecule has 1 amide bonds. The number of carbonyl (C=O) groups excluding carboxylic acids is 1. The minimum absolute atomic E-state index is 0.0413. The van der Waals surface area contributed by atoms with E-state index in [-0.39, 0.29) is 12.3 Å². The number of benzene rings is 1. The van der Waals surface area contributed by atoms with Gasteiger partial charge in [0.15, 0.2) is 0 Å². The molecule has 1 aliphatic heterocycles. The highest BCUT2D eigenvalue weighted by molar-refractivity contribution is 9.10. The van der Waals surface area contributed by atoms with Gasteiger partial charge in [0, 0.05) is 16.6 Å². The molecule has 0 saturated carbocycles. The molecule has 1 aliphatic rings. The van der Waals surface area contributed by atoms with Gasteiger partial charge in [0.25, 0.3) is 0 Å². The molecule has 3 N–H and O–H groups in total. The fourth-order valence-corrected chi connectivity index (χ4v) is 2.73. The predicted octanol–water partition coefficient (Wildman–Crippen LogP) is 2.23. The van der Waals surface area contributed by atoms with E-state index in [2.05, 4.69) is 21.2 Å². The first-order chi connectivity index (χ1) is 8.97. The third-order valence-corrected chi connectivity index (χ3v) is 3.76. The van der Waals surface area contributed by atoms with Crippen LogP contribution in [0.4, 0.5) is 5.69 Å². The van der Waals surface area contributed by atoms with Crippen LogP contribution in [0, 0.1) is 0 Å². The van der Waals surface area contributed by atoms with Crippen molar-refractivity contribution in [2.24, 2.45) is 0 Å². The maximum atomic E-state index is 11.3. The highest BCUT2D eigenvalue weighted by Crippen LogP contribution is 2.34. The molecule has 0 radical (unpaired) electrons. The van der Waals surface area contributed by atoms with Crippen LogP contribution in [0.15, 0.2) is 16.6 Å². The van der Waals surface area contributed by atoms with Gasteiger partial charge in [0.1, 0.15) is 0 Å². The molecule has 0 aromatic heterocycles. The third-order valence-electron chi connectivity index (χ3n) is 3.07. The lowest BCUT2D eigenvalue weighted by atomic mass is 10.0. The number of rotatable bonds is 5. The van der Waals surface area contributed by atoms with Crippen LogP contribution in [0.25, 0.3) is 0 Å². The number of carboxylic acids is 1. The van der Waals surface area contributed by atoms with E-state index in [0.29, 0.717) is 24.8 Å². The number of carboxylic acid groups (broad SMARTS) is 1. The number of hydrogen-bond acceptors (Lipinski definition) is 3. The summed E-state index contributed by atoms with van der Waals surface area (Å²) in [5.41, 5.74) is 2.32. The molecule has 102 valence electrons. The first-order valence-electron chi connectivity index (χ1n) is 5.99. The lowest BCUT2D eigenvalue weighted by Gasteiger charge is -2.14. The first kappa shape index (κ1) is 14.0. The highest BCUT2D eigenvalue weighted by Gasteiger charge is 2.21. The summed E-state index contributed by atoms with van der Waals surface area (Å²) in [7, 11) is 0. The van der Waals surface area contributed by atoms with Gasteiger partial charge in [-0.05, 0) is 36.1 Å². The van der Waals surface area contributed by atoms with Gasteiger partial charge in [-0.1, -0.05) is 15.9 Å². The zero-order chi connectivity index (χ0) is 14.0. The number of aliphatic hydroxyl groups excluding tert-OH is 1. The van der Waals surface area contributed by atoms with Crippen molar-refractivity contribution in [2.45, 2.75) is 31.8 Å². The van der Waals surface area contributed by atoms with Crippen molar-refractivity contribution in [3.63, 3.8) is 0 Å². The van der Waals surface area contributed by atoms with E-state index in [0.717, 1.165) is 15.7 Å². The molecule has 6 heteroatoms. The van der Waals surface area contributed by atoms with Crippen molar-refractivity contribution in [2.75, 3.05) is 5.32 Å². The van der Waals surface area contributed by atoms with Crippen LogP contribution in [-0.2, 0) is 16.0 Å². The molecule has 0 spiro atoms. The number of amides is 1. The van der Waals surface area contributed by atoms with Gasteiger partial charge in [0.05, 0.1) is 12.5 Å². The Morgan fingerprint density at radius 1 is 1.47 bits per heavy atom. The predicted molar refractivity (Wildman–Crippen MR) is 72.9 cm³/mol. The van der Waals surface area contributed by atoms with Gasteiger partial charge < -0.3 is 15.5 Å². The van der Waals surface area contributed by atoms with Crippen molar-refractivity contribution >= 4 is 33.5 Å². The molecular weight excluding hydrogens is 314 g/mol. The Hall–Kier alpha value is -1.40. The molecule has 0 bridgehead atoms. The Balaban J connectivity index is 2.10. The second-order valence-electron chi connectivity index (χ2n) is 4.56. The molecule has 1 heterocycles. The Labute approximate surface area is 118 Å². The van der Waals surface area contributed by atoms with Crippen LogP contribution in [0.5, 0.6) is 0 Å². The molecule has 1 aromatic rings. The third kappa shape index (κ3) is 3.33. The molecule has 1 aromatic carbocycles. The number of halogens is 1. The molecule has 1 unspecified atom stereocenters. The molecule has 5 nitrogen and oxygen atoms in total. The fourth-order valence-electron chi connectivity index (χ4n) is 2.12. The molecular formula is C13H14BrNO4. The Morgan fingerprint density at radius 2 is 2.21 bits per heavy atom. The lowest BCUT2D eigenvalue weighted by Crippen LogP contribution is -2.03. The summed E-state index contributed by atoms with van der Waals surface area (Å²) in [5, 5.41) is 21.4. The van der Waals surface area contributed by atoms with Gasteiger partial charge in [0.2, 0.25) is 5.91 Å². The second-order valence-corrected chi connectivity index (χ2v) is 5.41. The van der Waals surface area contributed by atoms with Crippen molar-refractivity contribution in [3.05, 3.63) is 27.7 Å². The van der Waals surface area contributed by atoms with Crippen LogP contribution in [0.3, 0.4) is 0 Å². The van der Waals surface area contributed by atoms with Crippen LogP contribution < -0.4 is 5.32 Å². The standard InChI is InChI=1S/C13H14BrNO4/c14-9-6-10-7(5-12(17)15-10)4-8(9)11(16)2-1-3-13(18)19/h4,6,11,16H,1-3,5H2,(H,15,17)(H,18,19). The summed E-state index contributed by atoms with van der Waals surface area (Å²) in [6.07, 6.45) is 0.425. The van der Waals surface area contributed by atoms with Gasteiger partial charge in [-0.25, -0.2) is 0 Å². The molecule has 19 heavy (non-hydrogen) atoms. The number of fused-ring (bicyclic) bond motifs is 1. The van der Waals surface area contributed by atoms with Gasteiger partial charge in [-0.15, -0.1) is 0 Å². The Kier molecular flexibility index (Phi) is 4.21. The maximum absolute atomic E-state index is 11.3. The fraction of sp³-hybridized carbons (Fsp3) is 0.385. The van der Waals surface area contributed by atoms with Crippen molar-refractivity contribution < 1.29 is 19.8 Å². The quantitative estimate of drug-likeness (QED) is 0.774. The lowest BCUT2D eigenvalue weighted by molar-refractivity contribution is -0.137. The van der Waals surface area contributed by atoms with E-state index in [1.807, 2.05) is 0 Å². The van der Waals surface area contributed by atoms with E-state index in [1.54, 1.807) is 12.1 Å². The number of aliphatic hydroxyl groups is 1. The minimum Gasteiger partial charge on any atom is -0.481 e. The van der Waals surface area contributed by atoms with Crippen molar-refractivity contribution in [1.82, 2.24) is 0 Å². The number of hydrogen-bond donors (Lipinski definition) is 3. The average Bonchev–Trinajstić information content (AvgIpc) is 2.66. The summed E-state index contributed by atoms with van der Waals surface area (Å²) >= 11 is 3.36. The molecule has 2 rings (SSSR count). The monoisotopic (exact) mass is 327 g/mol. The van der Waals surface area contributed by atoms with E-state index < -0.39 is 12.1 Å². The van der Waals surface area contributed by atoms with Crippen LogP contribution >= 0.6 is 15.9 Å². The van der Waals surface area contributed by atoms with Gasteiger partial charge in [-0.3, -0.25) is 9.59 Å². The zero-order valence-electron chi connectivity index (χ0n) is 10.1. The summed E-state index contributed by atoms with van der Waals surface area (Å²) in [5.74, 6) is -0.922. The molecule has 0 fully saturated rings. The van der Waals surface area contributed by atoms with Crippen molar-refractivity contribution in [1.29, 1.82) is 0 Å². The number of aliphatic carboxylic acids is 1. The molecule has 1 atom stereocenters. The van der Waals surface area contributed by atoms with E-state index >= 15 is 0 Å². The largest absolute Gasteiger partial charge is 0.481 e. The van der Waals surface area contributed by atoms with Gasteiger partial charge >= 0.3 is 5.97 Å². The highest BCUT2D eigenvalue weighted by atomic mass is 79.9. The zero-order valence-corrected chi connectivity index (χ0v) is 11.7. The topological polar surface area (TPSA) is 86.6 Å². The normalized spacial score (nSPS) is 14.9. The SMILES string of the molecule is O=C(O)CCCC(O)c1cc2c(cc1Br)NC(=O)C2. The summed E-state index contributed by atoms with van der Waals surface area (Å²) in [4.78, 5) is 21.7. The molecule has 0 aliphatic carbocycles.